The van der Waals surface area contributed by atoms with Gasteiger partial charge >= 0.3 is 18.2 Å². The second kappa shape index (κ2) is 9.30. The fourth-order valence-electron chi connectivity index (χ4n) is 1.54. The Hall–Kier alpha value is -2.96. The van der Waals surface area contributed by atoms with Gasteiger partial charge in [-0.15, -0.1) is 0 Å². The van der Waals surface area contributed by atoms with Crippen LogP contribution in [0.4, 0.5) is 26.3 Å². The number of carbonyl (C=O) groups is 1. The number of hydrogen-bond acceptors (Lipinski definition) is 6. The minimum atomic E-state index is -4.70. The van der Waals surface area contributed by atoms with Crippen molar-refractivity contribution in [3.05, 3.63) is 35.7 Å². The smallest absolute Gasteiger partial charge is 0.387 e. The van der Waals surface area contributed by atoms with Crippen molar-refractivity contribution >= 4 is 11.6 Å². The van der Waals surface area contributed by atoms with Crippen LogP contribution in [-0.2, 0) is 6.18 Å². The number of rotatable bonds is 4. The fourth-order valence-corrected chi connectivity index (χ4v) is 1.54. The maximum absolute atomic E-state index is 12.4. The molecular weight excluding hydrogens is 398 g/mol. The molecule has 1 amide bonds. The SMILES string of the molecule is CC(=N)CNC(=O)c1ccc(-c2noc(C(F)(F)F)n2)cc1.OCC(F)(F)F. The van der Waals surface area contributed by atoms with E-state index in [4.69, 9.17) is 10.5 Å². The van der Waals surface area contributed by atoms with Crippen molar-refractivity contribution in [2.45, 2.75) is 19.3 Å². The van der Waals surface area contributed by atoms with E-state index in [1.54, 1.807) is 6.92 Å². The molecule has 0 aliphatic carbocycles. The maximum Gasteiger partial charge on any atom is 0.471 e. The molecule has 0 saturated heterocycles. The first-order valence-electron chi connectivity index (χ1n) is 7.34. The standard InChI is InChI=1S/C13H11F3N4O2.C2H3F3O/c1-7(17)6-18-11(21)9-4-2-8(3-5-9)10-19-12(22-20-10)13(14,15)16;3-2(4,5)1-6/h2-5,17H,6H2,1H3,(H,18,21);6H,1H2. The van der Waals surface area contributed by atoms with Crippen LogP contribution in [-0.4, -0.2) is 46.2 Å². The van der Waals surface area contributed by atoms with Gasteiger partial charge in [-0.05, 0) is 19.1 Å². The Bertz CT molecular complexity index is 799. The van der Waals surface area contributed by atoms with Crippen LogP contribution in [0.5, 0.6) is 0 Å². The van der Waals surface area contributed by atoms with Crippen LogP contribution in [0, 0.1) is 5.41 Å². The summed E-state index contributed by atoms with van der Waals surface area (Å²) in [6.45, 7) is -0.0504. The van der Waals surface area contributed by atoms with Crippen molar-refractivity contribution in [3.8, 4) is 11.4 Å². The van der Waals surface area contributed by atoms with E-state index >= 15 is 0 Å². The number of amides is 1. The third-order valence-corrected chi connectivity index (χ3v) is 2.77. The van der Waals surface area contributed by atoms with Crippen molar-refractivity contribution in [1.82, 2.24) is 15.5 Å². The molecule has 0 bridgehead atoms. The lowest BCUT2D eigenvalue weighted by molar-refractivity contribution is -0.160. The van der Waals surface area contributed by atoms with Gasteiger partial charge in [0.25, 0.3) is 5.91 Å². The molecule has 28 heavy (non-hydrogen) atoms. The summed E-state index contributed by atoms with van der Waals surface area (Å²) < 4.78 is 72.9. The topological polar surface area (TPSA) is 112 Å². The molecule has 0 fully saturated rings. The summed E-state index contributed by atoms with van der Waals surface area (Å²) in [6, 6.07) is 5.68. The van der Waals surface area contributed by atoms with Crippen LogP contribution in [0.15, 0.2) is 28.8 Å². The second-order valence-corrected chi connectivity index (χ2v) is 5.23. The normalized spacial score (nSPS) is 11.4. The Balaban J connectivity index is 0.000000568. The molecule has 0 spiro atoms. The van der Waals surface area contributed by atoms with E-state index in [0.717, 1.165) is 0 Å². The van der Waals surface area contributed by atoms with Crippen LogP contribution in [0.25, 0.3) is 11.4 Å². The molecule has 2 rings (SSSR count). The molecule has 1 aromatic heterocycles. The van der Waals surface area contributed by atoms with Crippen LogP contribution in [0.3, 0.4) is 0 Å². The number of aromatic nitrogens is 2. The number of alkyl halides is 6. The van der Waals surface area contributed by atoms with E-state index in [-0.39, 0.29) is 18.3 Å². The molecular formula is C15H14F6N4O3. The van der Waals surface area contributed by atoms with Crippen molar-refractivity contribution in [1.29, 1.82) is 5.41 Å². The fraction of sp³-hybridized carbons (Fsp3) is 0.333. The summed E-state index contributed by atoms with van der Waals surface area (Å²) in [5, 5.41) is 20.3. The number of halogens is 6. The van der Waals surface area contributed by atoms with Gasteiger partial charge in [0, 0.05) is 16.8 Å². The first kappa shape index (κ1) is 23.1. The zero-order valence-corrected chi connectivity index (χ0v) is 14.1. The zero-order chi connectivity index (χ0) is 21.5. The third kappa shape index (κ3) is 7.73. The molecule has 2 aromatic rings. The monoisotopic (exact) mass is 412 g/mol. The number of nitrogens with zero attached hydrogens (tertiary/aromatic N) is 2. The van der Waals surface area contributed by atoms with E-state index in [9.17, 15) is 31.1 Å². The summed E-state index contributed by atoms with van der Waals surface area (Å²) >= 11 is 0. The van der Waals surface area contributed by atoms with Gasteiger partial charge in [-0.3, -0.25) is 4.79 Å². The highest BCUT2D eigenvalue weighted by Gasteiger charge is 2.38. The van der Waals surface area contributed by atoms with Crippen molar-refractivity contribution in [3.63, 3.8) is 0 Å². The van der Waals surface area contributed by atoms with Crippen LogP contribution >= 0.6 is 0 Å². The van der Waals surface area contributed by atoms with Gasteiger partial charge in [0.05, 0.1) is 6.54 Å². The van der Waals surface area contributed by atoms with Crippen molar-refractivity contribution < 1.29 is 40.8 Å². The second-order valence-electron chi connectivity index (χ2n) is 5.23. The van der Waals surface area contributed by atoms with E-state index < -0.39 is 24.9 Å². The lowest BCUT2D eigenvalue weighted by Crippen LogP contribution is -2.27. The molecule has 3 N–H and O–H groups in total. The maximum atomic E-state index is 12.4. The molecule has 13 heteroatoms. The van der Waals surface area contributed by atoms with E-state index in [1.807, 2.05) is 0 Å². The summed E-state index contributed by atoms with van der Waals surface area (Å²) in [5.74, 6) is -2.03. The Morgan fingerprint density at radius 2 is 1.71 bits per heavy atom. The van der Waals surface area contributed by atoms with Gasteiger partial charge < -0.3 is 20.4 Å². The Morgan fingerprint density at radius 3 is 2.11 bits per heavy atom. The molecule has 0 unspecified atom stereocenters. The molecule has 0 aliphatic heterocycles. The number of benzene rings is 1. The van der Waals surface area contributed by atoms with Crippen LogP contribution < -0.4 is 5.32 Å². The van der Waals surface area contributed by atoms with E-state index in [0.29, 0.717) is 16.8 Å². The minimum Gasteiger partial charge on any atom is -0.387 e. The summed E-state index contributed by atoms with van der Waals surface area (Å²) in [7, 11) is 0. The molecule has 0 saturated carbocycles. The van der Waals surface area contributed by atoms with Gasteiger partial charge in [0.15, 0.2) is 0 Å². The first-order valence-corrected chi connectivity index (χ1v) is 7.34. The largest absolute Gasteiger partial charge is 0.471 e. The molecule has 154 valence electrons. The van der Waals surface area contributed by atoms with Gasteiger partial charge in [-0.25, -0.2) is 0 Å². The zero-order valence-electron chi connectivity index (χ0n) is 14.1. The van der Waals surface area contributed by atoms with Gasteiger partial charge in [0.2, 0.25) is 5.82 Å². The number of hydrogen-bond donors (Lipinski definition) is 3. The van der Waals surface area contributed by atoms with E-state index in [1.165, 1.54) is 24.3 Å². The first-order chi connectivity index (χ1) is 12.8. The molecule has 1 aromatic carbocycles. The quantitative estimate of drug-likeness (QED) is 0.528. The highest BCUT2D eigenvalue weighted by Crippen LogP contribution is 2.29. The average molecular weight is 412 g/mol. The van der Waals surface area contributed by atoms with Gasteiger partial charge in [-0.2, -0.15) is 31.3 Å². The minimum absolute atomic E-state index is 0.125. The predicted octanol–water partition coefficient (Wildman–Crippen LogP) is 3.07. The molecule has 0 atom stereocenters. The predicted molar refractivity (Wildman–Crippen MR) is 83.6 cm³/mol. The number of nitrogens with one attached hydrogen (secondary N) is 2. The average Bonchev–Trinajstić information content (AvgIpc) is 3.10. The lowest BCUT2D eigenvalue weighted by Gasteiger charge is -2.04. The van der Waals surface area contributed by atoms with Gasteiger partial charge in [-0.1, -0.05) is 17.3 Å². The highest BCUT2D eigenvalue weighted by molar-refractivity contribution is 5.97. The third-order valence-electron chi connectivity index (χ3n) is 2.77. The molecule has 0 radical (unpaired) electrons. The van der Waals surface area contributed by atoms with Crippen LogP contribution in [0.2, 0.25) is 0 Å². The Kier molecular flexibility index (Phi) is 7.67. The number of aliphatic hydroxyl groups is 1. The van der Waals surface area contributed by atoms with Crippen molar-refractivity contribution in [2.24, 2.45) is 0 Å². The summed E-state index contributed by atoms with van der Waals surface area (Å²) in [6.07, 6.45) is -9.10. The van der Waals surface area contributed by atoms with Crippen LogP contribution in [0.1, 0.15) is 23.2 Å². The highest BCUT2D eigenvalue weighted by atomic mass is 19.4. The Morgan fingerprint density at radius 1 is 1.18 bits per heavy atom. The molecule has 7 nitrogen and oxygen atoms in total. The number of carbonyl (C=O) groups excluding carboxylic acids is 1. The Labute approximate surface area is 153 Å². The van der Waals surface area contributed by atoms with E-state index in [2.05, 4.69) is 20.0 Å². The summed E-state index contributed by atoms with van der Waals surface area (Å²) in [5.41, 5.74) is 0.903. The number of aliphatic hydroxyl groups excluding tert-OH is 1. The molecule has 0 aliphatic rings. The lowest BCUT2D eigenvalue weighted by atomic mass is 10.1. The van der Waals surface area contributed by atoms with Crippen molar-refractivity contribution in [2.75, 3.05) is 13.2 Å². The molecule has 1 heterocycles. The van der Waals surface area contributed by atoms with Gasteiger partial charge in [0.1, 0.15) is 6.61 Å². The summed E-state index contributed by atoms with van der Waals surface area (Å²) in [4.78, 5) is 15.0.